The number of piperidine rings is 1. The molecule has 0 N–H and O–H groups in total. The number of anilines is 1. The van der Waals surface area contributed by atoms with Crippen molar-refractivity contribution < 1.29 is 9.15 Å². The summed E-state index contributed by atoms with van der Waals surface area (Å²) in [7, 11) is 1.76. The van der Waals surface area contributed by atoms with Crippen molar-refractivity contribution in [2.75, 3.05) is 31.0 Å². The van der Waals surface area contributed by atoms with Crippen molar-refractivity contribution in [3.05, 3.63) is 5.89 Å². The van der Waals surface area contributed by atoms with Gasteiger partial charge in [0.25, 0.3) is 0 Å². The lowest BCUT2D eigenvalue weighted by Gasteiger charge is -2.29. The van der Waals surface area contributed by atoms with Crippen LogP contribution in [-0.4, -0.2) is 42.4 Å². The predicted octanol–water partition coefficient (Wildman–Crippen LogP) is 1.47. The maximum Gasteiger partial charge on any atom is 0.318 e. The molecule has 0 saturated carbocycles. The quantitative estimate of drug-likeness (QED) is 0.752. The van der Waals surface area contributed by atoms with Crippen LogP contribution >= 0.6 is 11.6 Å². The molecule has 1 aromatic rings. The van der Waals surface area contributed by atoms with Crippen LogP contribution in [-0.2, 0) is 11.2 Å². The summed E-state index contributed by atoms with van der Waals surface area (Å²) in [5, 5.41) is 7.97. The zero-order valence-corrected chi connectivity index (χ0v) is 10.1. The molecule has 0 spiro atoms. The van der Waals surface area contributed by atoms with Gasteiger partial charge in [0.15, 0.2) is 0 Å². The SMILES string of the molecule is COC1CCN(c2nnc(CCCl)o2)CC1. The van der Waals surface area contributed by atoms with Crippen LogP contribution in [0.15, 0.2) is 4.42 Å². The van der Waals surface area contributed by atoms with E-state index in [9.17, 15) is 0 Å². The summed E-state index contributed by atoms with van der Waals surface area (Å²) in [6.07, 6.45) is 3.00. The van der Waals surface area contributed by atoms with Gasteiger partial charge in [-0.3, -0.25) is 0 Å². The first-order chi connectivity index (χ1) is 7.83. The second-order valence-corrected chi connectivity index (χ2v) is 4.22. The molecule has 1 fully saturated rings. The van der Waals surface area contributed by atoms with Crippen LogP contribution < -0.4 is 4.90 Å². The van der Waals surface area contributed by atoms with Crippen molar-refractivity contribution in [3.8, 4) is 0 Å². The monoisotopic (exact) mass is 245 g/mol. The molecule has 0 amide bonds. The number of aromatic nitrogens is 2. The molecule has 1 aromatic heterocycles. The summed E-state index contributed by atoms with van der Waals surface area (Å²) in [6, 6.07) is 0.606. The summed E-state index contributed by atoms with van der Waals surface area (Å²) in [4.78, 5) is 2.10. The molecule has 0 aromatic carbocycles. The zero-order valence-electron chi connectivity index (χ0n) is 9.36. The number of rotatable bonds is 4. The number of ether oxygens (including phenoxy) is 1. The Morgan fingerprint density at radius 3 is 2.81 bits per heavy atom. The van der Waals surface area contributed by atoms with E-state index in [1.54, 1.807) is 7.11 Å². The topological polar surface area (TPSA) is 51.4 Å². The molecule has 0 radical (unpaired) electrons. The van der Waals surface area contributed by atoms with Crippen LogP contribution in [0.2, 0.25) is 0 Å². The molecule has 16 heavy (non-hydrogen) atoms. The van der Waals surface area contributed by atoms with Crippen LogP contribution in [0.5, 0.6) is 0 Å². The van der Waals surface area contributed by atoms with Crippen LogP contribution in [0, 0.1) is 0 Å². The number of hydrogen-bond donors (Lipinski definition) is 0. The van der Waals surface area contributed by atoms with Crippen LogP contribution in [0.4, 0.5) is 6.01 Å². The Morgan fingerprint density at radius 1 is 1.44 bits per heavy atom. The van der Waals surface area contributed by atoms with E-state index in [0.29, 0.717) is 30.3 Å². The predicted molar refractivity (Wildman–Crippen MR) is 61.0 cm³/mol. The summed E-state index contributed by atoms with van der Waals surface area (Å²) >= 11 is 5.61. The molecule has 90 valence electrons. The highest BCUT2D eigenvalue weighted by Gasteiger charge is 2.22. The van der Waals surface area contributed by atoms with Crippen molar-refractivity contribution in [1.82, 2.24) is 10.2 Å². The standard InChI is InChI=1S/C10H16ClN3O2/c1-15-8-3-6-14(7-4-8)10-13-12-9(16-10)2-5-11/h8H,2-7H2,1H3. The maximum atomic E-state index is 5.61. The summed E-state index contributed by atoms with van der Waals surface area (Å²) in [5.74, 6) is 1.12. The Morgan fingerprint density at radius 2 is 2.19 bits per heavy atom. The van der Waals surface area contributed by atoms with Crippen molar-refractivity contribution in [1.29, 1.82) is 0 Å². The average Bonchev–Trinajstić information content (AvgIpc) is 2.78. The van der Waals surface area contributed by atoms with E-state index >= 15 is 0 Å². The first-order valence-corrected chi connectivity index (χ1v) is 6.03. The molecule has 2 rings (SSSR count). The van der Waals surface area contributed by atoms with Crippen molar-refractivity contribution in [2.45, 2.75) is 25.4 Å². The first kappa shape index (κ1) is 11.7. The number of hydrogen-bond acceptors (Lipinski definition) is 5. The molecular weight excluding hydrogens is 230 g/mol. The molecule has 2 heterocycles. The molecule has 5 nitrogen and oxygen atoms in total. The van der Waals surface area contributed by atoms with Gasteiger partial charge in [-0.2, -0.15) is 0 Å². The van der Waals surface area contributed by atoms with Crippen LogP contribution in [0.3, 0.4) is 0 Å². The molecule has 6 heteroatoms. The molecule has 0 bridgehead atoms. The second kappa shape index (κ2) is 5.50. The number of halogens is 1. The Kier molecular flexibility index (Phi) is 4.01. The Hall–Kier alpha value is -0.810. The second-order valence-electron chi connectivity index (χ2n) is 3.84. The van der Waals surface area contributed by atoms with Gasteiger partial charge < -0.3 is 14.1 Å². The third kappa shape index (κ3) is 2.65. The lowest BCUT2D eigenvalue weighted by Crippen LogP contribution is -2.36. The minimum atomic E-state index is 0.362. The molecule has 1 saturated heterocycles. The van der Waals surface area contributed by atoms with Gasteiger partial charge in [-0.25, -0.2) is 0 Å². The molecular formula is C10H16ClN3O2. The fourth-order valence-electron chi connectivity index (χ4n) is 1.84. The van der Waals surface area contributed by atoms with Gasteiger partial charge >= 0.3 is 6.01 Å². The molecule has 0 aliphatic carbocycles. The average molecular weight is 246 g/mol. The van der Waals surface area contributed by atoms with Gasteiger partial charge in [0, 0.05) is 32.5 Å². The van der Waals surface area contributed by atoms with E-state index < -0.39 is 0 Å². The number of methoxy groups -OCH3 is 1. The van der Waals surface area contributed by atoms with Crippen molar-refractivity contribution in [3.63, 3.8) is 0 Å². The van der Waals surface area contributed by atoms with Gasteiger partial charge in [0.05, 0.1) is 6.10 Å². The van der Waals surface area contributed by atoms with Crippen molar-refractivity contribution >= 4 is 17.6 Å². The van der Waals surface area contributed by atoms with E-state index in [0.717, 1.165) is 25.9 Å². The molecule has 0 atom stereocenters. The molecule has 0 unspecified atom stereocenters. The molecule has 1 aliphatic rings. The highest BCUT2D eigenvalue weighted by molar-refractivity contribution is 6.17. The largest absolute Gasteiger partial charge is 0.408 e. The lowest BCUT2D eigenvalue weighted by molar-refractivity contribution is 0.0810. The van der Waals surface area contributed by atoms with Crippen LogP contribution in [0.25, 0.3) is 0 Å². The highest BCUT2D eigenvalue weighted by atomic mass is 35.5. The fourth-order valence-corrected chi connectivity index (χ4v) is 2.00. The summed E-state index contributed by atoms with van der Waals surface area (Å²) < 4.78 is 10.8. The fraction of sp³-hybridized carbons (Fsp3) is 0.800. The van der Waals surface area contributed by atoms with Crippen molar-refractivity contribution in [2.24, 2.45) is 0 Å². The van der Waals surface area contributed by atoms with E-state index in [1.165, 1.54) is 0 Å². The smallest absolute Gasteiger partial charge is 0.318 e. The van der Waals surface area contributed by atoms with E-state index in [1.807, 2.05) is 0 Å². The number of alkyl halides is 1. The van der Waals surface area contributed by atoms with Gasteiger partial charge in [-0.1, -0.05) is 5.10 Å². The zero-order chi connectivity index (χ0) is 11.4. The lowest BCUT2D eigenvalue weighted by atomic mass is 10.1. The minimum absolute atomic E-state index is 0.362. The Labute approximate surface area is 99.7 Å². The van der Waals surface area contributed by atoms with Crippen LogP contribution in [0.1, 0.15) is 18.7 Å². The van der Waals surface area contributed by atoms with Gasteiger partial charge in [0.2, 0.25) is 5.89 Å². The van der Waals surface area contributed by atoms with E-state index in [2.05, 4.69) is 15.1 Å². The Balaban J connectivity index is 1.92. The molecule has 1 aliphatic heterocycles. The van der Waals surface area contributed by atoms with Gasteiger partial charge in [-0.05, 0) is 12.8 Å². The normalized spacial score (nSPS) is 18.0. The third-order valence-electron chi connectivity index (χ3n) is 2.81. The summed E-state index contributed by atoms with van der Waals surface area (Å²) in [5.41, 5.74) is 0. The van der Waals surface area contributed by atoms with E-state index in [-0.39, 0.29) is 0 Å². The summed E-state index contributed by atoms with van der Waals surface area (Å²) in [6.45, 7) is 1.81. The minimum Gasteiger partial charge on any atom is -0.408 e. The van der Waals surface area contributed by atoms with E-state index in [4.69, 9.17) is 20.8 Å². The first-order valence-electron chi connectivity index (χ1n) is 5.49. The van der Waals surface area contributed by atoms with Gasteiger partial charge in [0.1, 0.15) is 0 Å². The van der Waals surface area contributed by atoms with Gasteiger partial charge in [-0.15, -0.1) is 16.7 Å². The number of nitrogens with zero attached hydrogens (tertiary/aromatic N) is 3. The maximum absolute atomic E-state index is 5.61. The number of aryl methyl sites for hydroxylation is 1. The Bertz CT molecular complexity index is 324. The highest BCUT2D eigenvalue weighted by Crippen LogP contribution is 2.19. The third-order valence-corrected chi connectivity index (χ3v) is 3.00.